The zero-order chi connectivity index (χ0) is 23.9. The minimum atomic E-state index is -0.776. The van der Waals surface area contributed by atoms with Crippen LogP contribution in [0.15, 0.2) is 30.3 Å². The number of esters is 1. The summed E-state index contributed by atoms with van der Waals surface area (Å²) in [6.45, 7) is 5.14. The number of likely N-dealkylation sites (tertiary alicyclic amines) is 1. The summed E-state index contributed by atoms with van der Waals surface area (Å²) in [5.74, 6) is -1.76. The third kappa shape index (κ3) is 7.44. The lowest BCUT2D eigenvalue weighted by Crippen LogP contribution is -2.47. The van der Waals surface area contributed by atoms with Crippen molar-refractivity contribution < 1.29 is 33.4 Å². The van der Waals surface area contributed by atoms with Gasteiger partial charge in [0.25, 0.3) is 0 Å². The Morgan fingerprint density at radius 2 is 1.78 bits per heavy atom. The molecule has 1 saturated heterocycles. The Hall–Kier alpha value is -3.30. The van der Waals surface area contributed by atoms with E-state index >= 15 is 0 Å². The van der Waals surface area contributed by atoms with Gasteiger partial charge in [0.1, 0.15) is 18.8 Å². The molecule has 2 rings (SSSR count). The molecule has 3 amide bonds. The summed E-state index contributed by atoms with van der Waals surface area (Å²) in [4.78, 5) is 52.0. The highest BCUT2D eigenvalue weighted by molar-refractivity contribution is 5.85. The minimum absolute atomic E-state index is 0.0306. The number of likely N-dealkylation sites (N-methyl/N-ethyl adjacent to an activating group) is 1. The van der Waals surface area contributed by atoms with Gasteiger partial charge in [-0.3, -0.25) is 9.59 Å². The molecule has 32 heavy (non-hydrogen) atoms. The predicted octanol–water partition coefficient (Wildman–Crippen LogP) is 1.78. The zero-order valence-corrected chi connectivity index (χ0v) is 19.1. The number of benzene rings is 1. The Kier molecular flexibility index (Phi) is 8.45. The molecule has 10 heteroatoms. The first-order chi connectivity index (χ1) is 15.0. The lowest BCUT2D eigenvalue weighted by atomic mass is 10.0. The van der Waals surface area contributed by atoms with Gasteiger partial charge in [0.2, 0.25) is 5.91 Å². The second-order valence-corrected chi connectivity index (χ2v) is 8.57. The summed E-state index contributed by atoms with van der Waals surface area (Å²) in [6, 6.07) is 8.45. The van der Waals surface area contributed by atoms with Crippen molar-refractivity contribution in [2.24, 2.45) is 5.92 Å². The van der Waals surface area contributed by atoms with Crippen molar-refractivity contribution in [3.8, 4) is 0 Å². The molecule has 0 bridgehead atoms. The van der Waals surface area contributed by atoms with Crippen LogP contribution in [0, 0.1) is 5.92 Å². The van der Waals surface area contributed by atoms with E-state index < -0.39 is 41.6 Å². The SMILES string of the molecule is COC(=O)CN(C)C(=O)C1CN(C(=O)OC(C)(C)C)CC1NC(=O)OCc1ccccc1. The molecule has 2 atom stereocenters. The van der Waals surface area contributed by atoms with Crippen LogP contribution in [0.4, 0.5) is 9.59 Å². The molecular formula is C22H31N3O7. The summed E-state index contributed by atoms with van der Waals surface area (Å²) < 4.78 is 15.3. The second kappa shape index (κ2) is 10.8. The van der Waals surface area contributed by atoms with Crippen LogP contribution in [0.2, 0.25) is 0 Å². The number of carbonyl (C=O) groups is 4. The van der Waals surface area contributed by atoms with Crippen molar-refractivity contribution in [1.82, 2.24) is 15.1 Å². The van der Waals surface area contributed by atoms with Crippen LogP contribution < -0.4 is 5.32 Å². The van der Waals surface area contributed by atoms with Gasteiger partial charge < -0.3 is 29.3 Å². The Morgan fingerprint density at radius 3 is 2.38 bits per heavy atom. The van der Waals surface area contributed by atoms with Gasteiger partial charge in [-0.25, -0.2) is 9.59 Å². The van der Waals surface area contributed by atoms with Gasteiger partial charge in [0.15, 0.2) is 0 Å². The monoisotopic (exact) mass is 449 g/mol. The molecular weight excluding hydrogens is 418 g/mol. The number of amides is 3. The molecule has 1 aliphatic heterocycles. The molecule has 1 N–H and O–H groups in total. The summed E-state index contributed by atoms with van der Waals surface area (Å²) in [7, 11) is 2.69. The maximum atomic E-state index is 13.0. The molecule has 2 unspecified atom stereocenters. The van der Waals surface area contributed by atoms with Crippen LogP contribution in [-0.4, -0.2) is 79.3 Å². The number of hydrogen-bond donors (Lipinski definition) is 1. The van der Waals surface area contributed by atoms with E-state index in [1.165, 1.54) is 24.0 Å². The van der Waals surface area contributed by atoms with Gasteiger partial charge >= 0.3 is 18.2 Å². The first-order valence-corrected chi connectivity index (χ1v) is 10.3. The predicted molar refractivity (Wildman–Crippen MR) is 115 cm³/mol. The molecule has 0 aromatic heterocycles. The van der Waals surface area contributed by atoms with E-state index in [2.05, 4.69) is 10.1 Å². The van der Waals surface area contributed by atoms with E-state index in [0.29, 0.717) is 0 Å². The molecule has 1 heterocycles. The second-order valence-electron chi connectivity index (χ2n) is 8.57. The van der Waals surface area contributed by atoms with Gasteiger partial charge in [-0.1, -0.05) is 30.3 Å². The topological polar surface area (TPSA) is 114 Å². The van der Waals surface area contributed by atoms with Gasteiger partial charge in [-0.2, -0.15) is 0 Å². The van der Waals surface area contributed by atoms with E-state index in [4.69, 9.17) is 9.47 Å². The van der Waals surface area contributed by atoms with Crippen LogP contribution >= 0.6 is 0 Å². The fraction of sp³-hybridized carbons (Fsp3) is 0.545. The van der Waals surface area contributed by atoms with Gasteiger partial charge in [0, 0.05) is 20.1 Å². The maximum absolute atomic E-state index is 13.0. The average molecular weight is 450 g/mol. The summed E-state index contributed by atoms with van der Waals surface area (Å²) in [5.41, 5.74) is 0.105. The number of ether oxygens (including phenoxy) is 3. The van der Waals surface area contributed by atoms with E-state index in [9.17, 15) is 19.2 Å². The number of carbonyl (C=O) groups excluding carboxylic acids is 4. The first kappa shape index (κ1) is 25.0. The quantitative estimate of drug-likeness (QED) is 0.520. The van der Waals surface area contributed by atoms with Crippen molar-refractivity contribution in [2.75, 3.05) is 33.8 Å². The third-order valence-electron chi connectivity index (χ3n) is 4.77. The van der Waals surface area contributed by atoms with Crippen LogP contribution in [0.3, 0.4) is 0 Å². The smallest absolute Gasteiger partial charge is 0.410 e. The van der Waals surface area contributed by atoms with Crippen molar-refractivity contribution in [3.05, 3.63) is 35.9 Å². The van der Waals surface area contributed by atoms with Crippen molar-refractivity contribution in [2.45, 2.75) is 39.0 Å². The highest BCUT2D eigenvalue weighted by atomic mass is 16.6. The normalized spacial score (nSPS) is 18.0. The van der Waals surface area contributed by atoms with Crippen LogP contribution in [0.25, 0.3) is 0 Å². The van der Waals surface area contributed by atoms with Crippen molar-refractivity contribution in [1.29, 1.82) is 0 Å². The number of rotatable bonds is 6. The Labute approximate surface area is 187 Å². The fourth-order valence-electron chi connectivity index (χ4n) is 3.21. The third-order valence-corrected chi connectivity index (χ3v) is 4.77. The zero-order valence-electron chi connectivity index (χ0n) is 19.1. The lowest BCUT2D eigenvalue weighted by molar-refractivity contribution is -0.147. The Bertz CT molecular complexity index is 823. The average Bonchev–Trinajstić information content (AvgIpc) is 3.14. The standard InChI is InChI=1S/C22H31N3O7/c1-22(2,3)32-21(29)25-11-16(19(27)24(4)13-18(26)30-5)17(12-25)23-20(28)31-14-15-9-7-6-8-10-15/h6-10,16-17H,11-14H2,1-5H3,(H,23,28). The molecule has 0 spiro atoms. The van der Waals surface area contributed by atoms with Gasteiger partial charge in [0.05, 0.1) is 19.1 Å². The van der Waals surface area contributed by atoms with E-state index in [1.54, 1.807) is 20.8 Å². The molecule has 0 radical (unpaired) electrons. The van der Waals surface area contributed by atoms with E-state index in [1.807, 2.05) is 30.3 Å². The first-order valence-electron chi connectivity index (χ1n) is 10.3. The Morgan fingerprint density at radius 1 is 1.12 bits per heavy atom. The summed E-state index contributed by atoms with van der Waals surface area (Å²) in [6.07, 6.45) is -1.30. The molecule has 10 nitrogen and oxygen atoms in total. The number of methoxy groups -OCH3 is 1. The molecule has 1 aromatic rings. The molecule has 1 fully saturated rings. The Balaban J connectivity index is 2.08. The van der Waals surface area contributed by atoms with E-state index in [0.717, 1.165) is 5.56 Å². The van der Waals surface area contributed by atoms with Gasteiger partial charge in [-0.15, -0.1) is 0 Å². The largest absolute Gasteiger partial charge is 0.468 e. The van der Waals surface area contributed by atoms with Crippen LogP contribution in [0.1, 0.15) is 26.3 Å². The van der Waals surface area contributed by atoms with Gasteiger partial charge in [-0.05, 0) is 26.3 Å². The molecule has 176 valence electrons. The number of alkyl carbamates (subject to hydrolysis) is 1. The highest BCUT2D eigenvalue weighted by Gasteiger charge is 2.43. The fourth-order valence-corrected chi connectivity index (χ4v) is 3.21. The molecule has 1 aromatic carbocycles. The number of hydrogen-bond acceptors (Lipinski definition) is 7. The number of nitrogens with one attached hydrogen (secondary N) is 1. The summed E-state index contributed by atoms with van der Waals surface area (Å²) in [5, 5.41) is 2.68. The number of nitrogens with zero attached hydrogens (tertiary/aromatic N) is 2. The van der Waals surface area contributed by atoms with Crippen LogP contribution in [0.5, 0.6) is 0 Å². The lowest BCUT2D eigenvalue weighted by Gasteiger charge is -2.24. The summed E-state index contributed by atoms with van der Waals surface area (Å²) >= 11 is 0. The van der Waals surface area contributed by atoms with Crippen molar-refractivity contribution in [3.63, 3.8) is 0 Å². The van der Waals surface area contributed by atoms with Crippen molar-refractivity contribution >= 4 is 24.1 Å². The maximum Gasteiger partial charge on any atom is 0.410 e. The van der Waals surface area contributed by atoms with Crippen LogP contribution in [-0.2, 0) is 30.4 Å². The van der Waals surface area contributed by atoms with E-state index in [-0.39, 0.29) is 26.2 Å². The molecule has 0 saturated carbocycles. The minimum Gasteiger partial charge on any atom is -0.468 e. The molecule has 0 aliphatic carbocycles. The molecule has 1 aliphatic rings. The highest BCUT2D eigenvalue weighted by Crippen LogP contribution is 2.22.